The van der Waals surface area contributed by atoms with Crippen molar-refractivity contribution in [2.75, 3.05) is 0 Å². The van der Waals surface area contributed by atoms with Gasteiger partial charge in [0.25, 0.3) is 5.56 Å². The first kappa shape index (κ1) is 18.3. The third kappa shape index (κ3) is 3.80. The maximum absolute atomic E-state index is 12.5. The molecule has 7 nitrogen and oxygen atoms in total. The molecule has 0 radical (unpaired) electrons. The van der Waals surface area contributed by atoms with Gasteiger partial charge in [0.05, 0.1) is 12.2 Å². The van der Waals surface area contributed by atoms with E-state index in [4.69, 9.17) is 4.74 Å². The van der Waals surface area contributed by atoms with Crippen LogP contribution in [0.4, 0.5) is 13.2 Å². The summed E-state index contributed by atoms with van der Waals surface area (Å²) in [6.45, 7) is -0.223. The molecule has 1 saturated carbocycles. The number of ether oxygens (including phenoxy) is 2. The number of aromatic nitrogens is 4. The summed E-state index contributed by atoms with van der Waals surface area (Å²) in [4.78, 5) is 19.3. The normalized spacial score (nSPS) is 15.2. The van der Waals surface area contributed by atoms with Crippen LogP contribution in [0.3, 0.4) is 0 Å². The molecular formula is C18H17F3N4O3. The minimum Gasteiger partial charge on any atom is -0.482 e. The highest BCUT2D eigenvalue weighted by molar-refractivity contribution is 5.73. The molecule has 0 amide bonds. The quantitative estimate of drug-likeness (QED) is 0.713. The zero-order chi connectivity index (χ0) is 19.7. The van der Waals surface area contributed by atoms with Gasteiger partial charge < -0.3 is 14.5 Å². The van der Waals surface area contributed by atoms with Crippen LogP contribution in [0.1, 0.15) is 37.5 Å². The SMILES string of the molecule is O=c1[nH]c(COc2ccccc2OC(F)(F)F)nc2c1cnn2C1CCCC1. The lowest BCUT2D eigenvalue weighted by atomic mass is 10.2. The largest absolute Gasteiger partial charge is 0.573 e. The van der Waals surface area contributed by atoms with Crippen molar-refractivity contribution in [1.29, 1.82) is 0 Å². The third-order valence-electron chi connectivity index (χ3n) is 4.62. The summed E-state index contributed by atoms with van der Waals surface area (Å²) < 4.78 is 48.7. The number of nitrogens with one attached hydrogen (secondary N) is 1. The molecule has 2 aromatic heterocycles. The summed E-state index contributed by atoms with van der Waals surface area (Å²) >= 11 is 0. The average Bonchev–Trinajstić information content (AvgIpc) is 3.29. The third-order valence-corrected chi connectivity index (χ3v) is 4.62. The molecule has 1 aliphatic rings. The molecule has 3 aromatic rings. The summed E-state index contributed by atoms with van der Waals surface area (Å²) in [5.41, 5.74) is 0.0850. The number of H-pyrrole nitrogens is 1. The lowest BCUT2D eigenvalue weighted by Gasteiger charge is -2.14. The van der Waals surface area contributed by atoms with Gasteiger partial charge in [-0.05, 0) is 25.0 Å². The van der Waals surface area contributed by atoms with E-state index in [2.05, 4.69) is 19.8 Å². The number of hydrogen-bond donors (Lipinski definition) is 1. The summed E-state index contributed by atoms with van der Waals surface area (Å²) in [5, 5.41) is 4.67. The standard InChI is InChI=1S/C18H17F3N4O3/c19-18(20,21)28-14-8-4-3-7-13(14)27-10-15-23-16-12(17(26)24-15)9-22-25(16)11-5-1-2-6-11/h3-4,7-9,11H,1-2,5-6,10H2,(H,23,24,26). The predicted octanol–water partition coefficient (Wildman–Crippen LogP) is 3.71. The van der Waals surface area contributed by atoms with Gasteiger partial charge in [-0.2, -0.15) is 5.10 Å². The van der Waals surface area contributed by atoms with Crippen LogP contribution in [0.15, 0.2) is 35.3 Å². The molecule has 1 aromatic carbocycles. The number of rotatable bonds is 5. The van der Waals surface area contributed by atoms with Gasteiger partial charge in [-0.3, -0.25) is 4.79 Å². The Hall–Kier alpha value is -3.04. The molecule has 0 aliphatic heterocycles. The lowest BCUT2D eigenvalue weighted by Crippen LogP contribution is -2.18. The Morgan fingerprint density at radius 1 is 1.18 bits per heavy atom. The summed E-state index contributed by atoms with van der Waals surface area (Å²) in [6, 6.07) is 5.62. The number of fused-ring (bicyclic) bond motifs is 1. The fraction of sp³-hybridized carbons (Fsp3) is 0.389. The van der Waals surface area contributed by atoms with E-state index in [0.29, 0.717) is 11.0 Å². The monoisotopic (exact) mass is 394 g/mol. The number of alkyl halides is 3. The van der Waals surface area contributed by atoms with Crippen LogP contribution in [-0.4, -0.2) is 26.1 Å². The van der Waals surface area contributed by atoms with Gasteiger partial charge in [-0.1, -0.05) is 25.0 Å². The van der Waals surface area contributed by atoms with Crippen molar-refractivity contribution in [2.24, 2.45) is 0 Å². The van der Waals surface area contributed by atoms with E-state index in [-0.39, 0.29) is 29.8 Å². The molecule has 1 aliphatic carbocycles. The maximum atomic E-state index is 12.5. The molecule has 1 N–H and O–H groups in total. The van der Waals surface area contributed by atoms with Crippen molar-refractivity contribution >= 4 is 11.0 Å². The molecule has 0 atom stereocenters. The first-order chi connectivity index (χ1) is 13.4. The first-order valence-corrected chi connectivity index (χ1v) is 8.85. The highest BCUT2D eigenvalue weighted by atomic mass is 19.4. The maximum Gasteiger partial charge on any atom is 0.573 e. The summed E-state index contributed by atoms with van der Waals surface area (Å²) in [6.07, 6.45) is 0.788. The molecule has 28 heavy (non-hydrogen) atoms. The molecule has 10 heteroatoms. The second kappa shape index (κ2) is 7.17. The van der Waals surface area contributed by atoms with E-state index in [0.717, 1.165) is 31.7 Å². The molecule has 0 spiro atoms. The van der Waals surface area contributed by atoms with Gasteiger partial charge in [0.1, 0.15) is 17.8 Å². The van der Waals surface area contributed by atoms with Crippen molar-refractivity contribution in [3.63, 3.8) is 0 Å². The van der Waals surface area contributed by atoms with Gasteiger partial charge in [0.2, 0.25) is 0 Å². The molecule has 0 unspecified atom stereocenters. The molecule has 0 saturated heterocycles. The van der Waals surface area contributed by atoms with E-state index in [1.807, 2.05) is 0 Å². The number of aromatic amines is 1. The molecule has 2 heterocycles. The average molecular weight is 394 g/mol. The van der Waals surface area contributed by atoms with Crippen LogP contribution in [0.25, 0.3) is 11.0 Å². The van der Waals surface area contributed by atoms with Crippen LogP contribution >= 0.6 is 0 Å². The number of hydrogen-bond acceptors (Lipinski definition) is 5. The Morgan fingerprint density at radius 3 is 2.61 bits per heavy atom. The zero-order valence-electron chi connectivity index (χ0n) is 14.7. The molecule has 1 fully saturated rings. The minimum absolute atomic E-state index is 0.105. The Morgan fingerprint density at radius 2 is 1.89 bits per heavy atom. The number of halogens is 3. The second-order valence-corrected chi connectivity index (χ2v) is 6.56. The molecule has 4 rings (SSSR count). The van der Waals surface area contributed by atoms with E-state index >= 15 is 0 Å². The van der Waals surface area contributed by atoms with Crippen molar-refractivity contribution in [2.45, 2.75) is 44.7 Å². The first-order valence-electron chi connectivity index (χ1n) is 8.85. The van der Waals surface area contributed by atoms with Crippen LogP contribution in [-0.2, 0) is 6.61 Å². The number of nitrogens with zero attached hydrogens (tertiary/aromatic N) is 3. The lowest BCUT2D eigenvalue weighted by molar-refractivity contribution is -0.275. The molecular weight excluding hydrogens is 377 g/mol. The van der Waals surface area contributed by atoms with E-state index < -0.39 is 12.1 Å². The van der Waals surface area contributed by atoms with Crippen molar-refractivity contribution in [3.8, 4) is 11.5 Å². The fourth-order valence-electron chi connectivity index (χ4n) is 3.39. The molecule has 148 valence electrons. The molecule has 0 bridgehead atoms. The van der Waals surface area contributed by atoms with Crippen LogP contribution in [0.2, 0.25) is 0 Å². The van der Waals surface area contributed by atoms with Crippen molar-refractivity contribution < 1.29 is 22.6 Å². The summed E-state index contributed by atoms with van der Waals surface area (Å²) in [7, 11) is 0. The Balaban J connectivity index is 1.59. The van der Waals surface area contributed by atoms with Crippen LogP contribution in [0.5, 0.6) is 11.5 Å². The fourth-order valence-corrected chi connectivity index (χ4v) is 3.39. The number of para-hydroxylation sites is 2. The van der Waals surface area contributed by atoms with Crippen LogP contribution < -0.4 is 15.0 Å². The zero-order valence-corrected chi connectivity index (χ0v) is 14.7. The van der Waals surface area contributed by atoms with E-state index in [9.17, 15) is 18.0 Å². The topological polar surface area (TPSA) is 82.0 Å². The van der Waals surface area contributed by atoms with Crippen molar-refractivity contribution in [1.82, 2.24) is 19.7 Å². The smallest absolute Gasteiger partial charge is 0.482 e. The van der Waals surface area contributed by atoms with Gasteiger partial charge in [-0.25, -0.2) is 9.67 Å². The van der Waals surface area contributed by atoms with Crippen molar-refractivity contribution in [3.05, 3.63) is 46.6 Å². The predicted molar refractivity (Wildman–Crippen MR) is 93.1 cm³/mol. The Labute approximate surface area is 157 Å². The van der Waals surface area contributed by atoms with Gasteiger partial charge in [0, 0.05) is 0 Å². The van der Waals surface area contributed by atoms with Crippen LogP contribution in [0, 0.1) is 0 Å². The van der Waals surface area contributed by atoms with Gasteiger partial charge >= 0.3 is 6.36 Å². The Kier molecular flexibility index (Phi) is 4.70. The second-order valence-electron chi connectivity index (χ2n) is 6.56. The van der Waals surface area contributed by atoms with E-state index in [1.165, 1.54) is 24.4 Å². The number of benzene rings is 1. The van der Waals surface area contributed by atoms with Gasteiger partial charge in [0.15, 0.2) is 17.1 Å². The minimum atomic E-state index is -4.83. The highest BCUT2D eigenvalue weighted by Crippen LogP contribution is 2.32. The van der Waals surface area contributed by atoms with Gasteiger partial charge in [-0.15, -0.1) is 13.2 Å². The summed E-state index contributed by atoms with van der Waals surface area (Å²) in [5.74, 6) is -0.375. The Bertz CT molecular complexity index is 1040. The van der Waals surface area contributed by atoms with E-state index in [1.54, 1.807) is 4.68 Å². The highest BCUT2D eigenvalue weighted by Gasteiger charge is 2.32.